The molecule has 0 saturated carbocycles. The summed E-state index contributed by atoms with van der Waals surface area (Å²) in [5.41, 5.74) is 4.32. The number of furan rings is 1. The van der Waals surface area contributed by atoms with Crippen LogP contribution in [-0.4, -0.2) is 23.1 Å². The summed E-state index contributed by atoms with van der Waals surface area (Å²) < 4.78 is 7.85. The van der Waals surface area contributed by atoms with E-state index in [1.807, 2.05) is 36.5 Å². The van der Waals surface area contributed by atoms with Gasteiger partial charge in [0.05, 0.1) is 5.92 Å². The van der Waals surface area contributed by atoms with Crippen molar-refractivity contribution in [1.82, 2.24) is 9.47 Å². The largest absolute Gasteiger partial charge is 0.460 e. The van der Waals surface area contributed by atoms with Gasteiger partial charge in [-0.3, -0.25) is 9.36 Å². The Balaban J connectivity index is 1.61. The minimum absolute atomic E-state index is 0.0181. The number of hydrogen-bond acceptors (Lipinski definition) is 3. The summed E-state index contributed by atoms with van der Waals surface area (Å²) in [4.78, 5) is 14.5. The third-order valence-electron chi connectivity index (χ3n) is 5.33. The van der Waals surface area contributed by atoms with Crippen LogP contribution >= 0.6 is 0 Å². The molecule has 2 aromatic carbocycles. The van der Waals surface area contributed by atoms with Crippen molar-refractivity contribution >= 4 is 11.0 Å². The molecule has 0 fully saturated rings. The number of rotatable bonds is 2. The van der Waals surface area contributed by atoms with Crippen molar-refractivity contribution in [3.05, 3.63) is 100 Å². The fourth-order valence-electron chi connectivity index (χ4n) is 4.04. The molecular formula is C23H20N2O2. The first-order valence-corrected chi connectivity index (χ1v) is 9.17. The van der Waals surface area contributed by atoms with Crippen LogP contribution < -0.4 is 5.56 Å². The Bertz CT molecular complexity index is 1160. The summed E-state index contributed by atoms with van der Waals surface area (Å²) >= 11 is 0. The van der Waals surface area contributed by atoms with Gasteiger partial charge in [-0.2, -0.15) is 0 Å². The predicted molar refractivity (Wildman–Crippen MR) is 106 cm³/mol. The lowest BCUT2D eigenvalue weighted by Gasteiger charge is -2.31. The van der Waals surface area contributed by atoms with Crippen LogP contribution in [0, 0.1) is 0 Å². The van der Waals surface area contributed by atoms with Gasteiger partial charge < -0.3 is 9.32 Å². The average molecular weight is 356 g/mol. The van der Waals surface area contributed by atoms with Crippen LogP contribution in [0.4, 0.5) is 0 Å². The molecule has 1 atom stereocenters. The fourth-order valence-corrected chi connectivity index (χ4v) is 4.04. The first kappa shape index (κ1) is 16.1. The Morgan fingerprint density at radius 1 is 1.00 bits per heavy atom. The number of aromatic nitrogens is 1. The highest BCUT2D eigenvalue weighted by Crippen LogP contribution is 2.36. The van der Waals surface area contributed by atoms with Crippen molar-refractivity contribution < 1.29 is 4.42 Å². The van der Waals surface area contributed by atoms with Gasteiger partial charge in [0.25, 0.3) is 5.56 Å². The molecule has 1 aliphatic heterocycles. The normalized spacial score (nSPS) is 17.1. The molecule has 1 aliphatic rings. The molecule has 5 rings (SSSR count). The van der Waals surface area contributed by atoms with E-state index in [0.717, 1.165) is 35.5 Å². The summed E-state index contributed by atoms with van der Waals surface area (Å²) in [6.45, 7) is 1.78. The first-order valence-electron chi connectivity index (χ1n) is 9.17. The number of para-hydroxylation sites is 1. The topological polar surface area (TPSA) is 38.4 Å². The van der Waals surface area contributed by atoms with Crippen LogP contribution in [0.3, 0.4) is 0 Å². The highest BCUT2D eigenvalue weighted by atomic mass is 16.3. The molecule has 134 valence electrons. The summed E-state index contributed by atoms with van der Waals surface area (Å²) in [5.74, 6) is 1.18. The van der Waals surface area contributed by atoms with E-state index >= 15 is 0 Å². The zero-order valence-corrected chi connectivity index (χ0v) is 15.1. The maximum Gasteiger partial charge on any atom is 0.255 e. The molecule has 27 heavy (non-hydrogen) atoms. The minimum Gasteiger partial charge on any atom is -0.460 e. The van der Waals surface area contributed by atoms with Crippen molar-refractivity contribution in [2.45, 2.75) is 12.5 Å². The van der Waals surface area contributed by atoms with Crippen molar-refractivity contribution in [1.29, 1.82) is 0 Å². The van der Waals surface area contributed by atoms with Gasteiger partial charge in [-0.1, -0.05) is 30.3 Å². The standard InChI is InChI=1S/C23H20N2O2/c1-24-14-17-12-18(25-11-5-4-8-23(25)26)9-10-19(17)20(15-24)22-13-16-6-2-3-7-21(16)27-22/h2-13,20H,14-15H2,1H3. The average Bonchev–Trinajstić information content (AvgIpc) is 3.11. The lowest BCUT2D eigenvalue weighted by atomic mass is 9.87. The SMILES string of the molecule is CN1Cc2cc(-n3ccccc3=O)ccc2C(c2cc3ccccc3o2)C1. The third kappa shape index (κ3) is 2.78. The Morgan fingerprint density at radius 3 is 2.70 bits per heavy atom. The molecule has 0 N–H and O–H groups in total. The molecule has 0 amide bonds. The molecule has 0 spiro atoms. The van der Waals surface area contributed by atoms with E-state index in [4.69, 9.17) is 4.42 Å². The maximum atomic E-state index is 12.2. The Kier molecular flexibility index (Phi) is 3.73. The highest BCUT2D eigenvalue weighted by molar-refractivity contribution is 5.78. The number of benzene rings is 2. The molecule has 4 nitrogen and oxygen atoms in total. The van der Waals surface area contributed by atoms with Gasteiger partial charge in [0.1, 0.15) is 11.3 Å². The Hall–Kier alpha value is -3.11. The van der Waals surface area contributed by atoms with Crippen LogP contribution in [-0.2, 0) is 6.54 Å². The first-order chi connectivity index (χ1) is 13.2. The van der Waals surface area contributed by atoms with Gasteiger partial charge in [-0.15, -0.1) is 0 Å². The van der Waals surface area contributed by atoms with E-state index in [0.29, 0.717) is 0 Å². The Morgan fingerprint density at radius 2 is 1.85 bits per heavy atom. The van der Waals surface area contributed by atoms with Crippen LogP contribution in [0.15, 0.2) is 82.1 Å². The van der Waals surface area contributed by atoms with Gasteiger partial charge >= 0.3 is 0 Å². The molecular weight excluding hydrogens is 336 g/mol. The predicted octanol–water partition coefficient (Wildman–Crippen LogP) is 4.16. The quantitative estimate of drug-likeness (QED) is 0.541. The number of pyridine rings is 1. The molecule has 0 bridgehead atoms. The zero-order chi connectivity index (χ0) is 18.4. The summed E-state index contributed by atoms with van der Waals surface area (Å²) in [6, 6.07) is 21.8. The van der Waals surface area contributed by atoms with Gasteiger partial charge in [-0.25, -0.2) is 0 Å². The van der Waals surface area contributed by atoms with E-state index in [-0.39, 0.29) is 11.5 Å². The van der Waals surface area contributed by atoms with Crippen molar-refractivity contribution in [2.75, 3.05) is 13.6 Å². The second-order valence-corrected chi connectivity index (χ2v) is 7.23. The highest BCUT2D eigenvalue weighted by Gasteiger charge is 2.27. The maximum absolute atomic E-state index is 12.2. The van der Waals surface area contributed by atoms with E-state index < -0.39 is 0 Å². The summed E-state index contributed by atoms with van der Waals surface area (Å²) in [7, 11) is 2.12. The smallest absolute Gasteiger partial charge is 0.255 e. The number of fused-ring (bicyclic) bond motifs is 2. The van der Waals surface area contributed by atoms with Gasteiger partial charge in [-0.05, 0) is 48.5 Å². The molecule has 3 heterocycles. The third-order valence-corrected chi connectivity index (χ3v) is 5.33. The Labute approximate surface area is 157 Å². The molecule has 4 heteroatoms. The van der Waals surface area contributed by atoms with Gasteiger partial charge in [0, 0.05) is 36.4 Å². The van der Waals surface area contributed by atoms with E-state index in [1.54, 1.807) is 16.7 Å². The minimum atomic E-state index is -0.0181. The molecule has 1 unspecified atom stereocenters. The molecule has 0 radical (unpaired) electrons. The number of nitrogens with zero attached hydrogens (tertiary/aromatic N) is 2. The number of hydrogen-bond donors (Lipinski definition) is 0. The molecule has 2 aromatic heterocycles. The van der Waals surface area contributed by atoms with Gasteiger partial charge in [0.15, 0.2) is 0 Å². The molecule has 0 saturated heterocycles. The number of likely N-dealkylation sites (N-methyl/N-ethyl adjacent to an activating group) is 1. The van der Waals surface area contributed by atoms with E-state index in [2.05, 4.69) is 36.2 Å². The lowest BCUT2D eigenvalue weighted by Crippen LogP contribution is -2.31. The fraction of sp³-hybridized carbons (Fsp3) is 0.174. The molecule has 4 aromatic rings. The van der Waals surface area contributed by atoms with E-state index in [1.165, 1.54) is 11.1 Å². The van der Waals surface area contributed by atoms with Crippen molar-refractivity contribution in [2.24, 2.45) is 0 Å². The second-order valence-electron chi connectivity index (χ2n) is 7.23. The van der Waals surface area contributed by atoms with Crippen molar-refractivity contribution in [3.63, 3.8) is 0 Å². The summed E-state index contributed by atoms with van der Waals surface area (Å²) in [5, 5.41) is 1.13. The van der Waals surface area contributed by atoms with Crippen LogP contribution in [0.25, 0.3) is 16.7 Å². The summed E-state index contributed by atoms with van der Waals surface area (Å²) in [6.07, 6.45) is 1.81. The lowest BCUT2D eigenvalue weighted by molar-refractivity contribution is 0.282. The van der Waals surface area contributed by atoms with Crippen LogP contribution in [0.2, 0.25) is 0 Å². The van der Waals surface area contributed by atoms with Gasteiger partial charge in [0.2, 0.25) is 0 Å². The zero-order valence-electron chi connectivity index (χ0n) is 15.1. The second kappa shape index (κ2) is 6.25. The van der Waals surface area contributed by atoms with Crippen LogP contribution in [0.5, 0.6) is 0 Å². The monoisotopic (exact) mass is 356 g/mol. The molecule has 0 aliphatic carbocycles. The van der Waals surface area contributed by atoms with Crippen LogP contribution in [0.1, 0.15) is 22.8 Å². The van der Waals surface area contributed by atoms with E-state index in [9.17, 15) is 4.79 Å². The van der Waals surface area contributed by atoms with Crippen molar-refractivity contribution in [3.8, 4) is 5.69 Å².